The highest BCUT2D eigenvalue weighted by Crippen LogP contribution is 2.27. The molecule has 0 aliphatic rings. The molecule has 0 saturated heterocycles. The monoisotopic (exact) mass is 401 g/mol. The molecule has 0 fully saturated rings. The number of carbonyl (C=O) groups excluding carboxylic acids is 2. The SMILES string of the molecule is O=C(N/N=C/c1c2ccccc2cc2ccccc12)C(=O)Nc1ccc(Cl)cc1. The minimum Gasteiger partial charge on any atom is -0.318 e. The van der Waals surface area contributed by atoms with Gasteiger partial charge in [-0.3, -0.25) is 9.59 Å². The van der Waals surface area contributed by atoms with Crippen LogP contribution in [0.5, 0.6) is 0 Å². The van der Waals surface area contributed by atoms with Crippen molar-refractivity contribution in [2.45, 2.75) is 0 Å². The van der Waals surface area contributed by atoms with Crippen LogP contribution in [0.2, 0.25) is 5.02 Å². The topological polar surface area (TPSA) is 70.6 Å². The standard InChI is InChI=1S/C23H16ClN3O2/c24-17-9-11-18(12-10-17)26-22(28)23(29)27-25-14-21-19-7-3-1-5-15(19)13-16-6-2-4-8-20(16)21/h1-14H,(H,26,28)(H,27,29)/b25-14+. The Hall–Kier alpha value is -3.70. The van der Waals surface area contributed by atoms with Gasteiger partial charge in [0.15, 0.2) is 0 Å². The molecule has 0 aromatic heterocycles. The maximum absolute atomic E-state index is 12.1. The first-order valence-corrected chi connectivity index (χ1v) is 9.30. The number of benzene rings is 4. The molecule has 0 radical (unpaired) electrons. The summed E-state index contributed by atoms with van der Waals surface area (Å²) in [4.78, 5) is 24.1. The van der Waals surface area contributed by atoms with E-state index in [-0.39, 0.29) is 0 Å². The molecule has 0 aliphatic carbocycles. The molecule has 2 N–H and O–H groups in total. The number of carbonyl (C=O) groups is 2. The molecular weight excluding hydrogens is 386 g/mol. The molecule has 5 nitrogen and oxygen atoms in total. The number of nitrogens with one attached hydrogen (secondary N) is 2. The van der Waals surface area contributed by atoms with E-state index in [0.29, 0.717) is 10.7 Å². The van der Waals surface area contributed by atoms with E-state index >= 15 is 0 Å². The molecule has 0 bridgehead atoms. The van der Waals surface area contributed by atoms with Crippen molar-refractivity contribution < 1.29 is 9.59 Å². The quantitative estimate of drug-likeness (QED) is 0.225. The molecule has 0 saturated carbocycles. The number of fused-ring (bicyclic) bond motifs is 2. The molecule has 0 atom stereocenters. The first-order valence-electron chi connectivity index (χ1n) is 8.92. The van der Waals surface area contributed by atoms with E-state index in [1.807, 2.05) is 48.5 Å². The van der Waals surface area contributed by atoms with Crippen LogP contribution >= 0.6 is 11.6 Å². The lowest BCUT2D eigenvalue weighted by Gasteiger charge is -2.08. The summed E-state index contributed by atoms with van der Waals surface area (Å²) in [5.41, 5.74) is 3.63. The molecule has 4 aromatic rings. The first-order chi connectivity index (χ1) is 14.1. The van der Waals surface area contributed by atoms with Gasteiger partial charge in [0.25, 0.3) is 0 Å². The smallest absolute Gasteiger partial charge is 0.318 e. The van der Waals surface area contributed by atoms with Gasteiger partial charge in [0.1, 0.15) is 0 Å². The van der Waals surface area contributed by atoms with Crippen molar-refractivity contribution in [3.05, 3.63) is 89.4 Å². The van der Waals surface area contributed by atoms with Crippen LogP contribution in [0.4, 0.5) is 5.69 Å². The average molecular weight is 402 g/mol. The van der Waals surface area contributed by atoms with Gasteiger partial charge in [0, 0.05) is 16.3 Å². The van der Waals surface area contributed by atoms with Gasteiger partial charge < -0.3 is 5.32 Å². The Morgan fingerprint density at radius 3 is 2.00 bits per heavy atom. The lowest BCUT2D eigenvalue weighted by atomic mass is 9.97. The Bertz CT molecular complexity index is 1200. The molecule has 0 unspecified atom stereocenters. The molecule has 2 amide bonds. The van der Waals surface area contributed by atoms with Crippen molar-refractivity contribution in [2.24, 2.45) is 5.10 Å². The van der Waals surface area contributed by atoms with Crippen LogP contribution in [-0.2, 0) is 9.59 Å². The number of halogens is 1. The van der Waals surface area contributed by atoms with E-state index in [1.54, 1.807) is 30.5 Å². The summed E-state index contributed by atoms with van der Waals surface area (Å²) in [6.45, 7) is 0. The van der Waals surface area contributed by atoms with E-state index in [1.165, 1.54) is 0 Å². The molecule has 0 aliphatic heterocycles. The third-order valence-corrected chi connectivity index (χ3v) is 4.73. The number of hydrogen-bond donors (Lipinski definition) is 2. The minimum absolute atomic E-state index is 0.471. The van der Waals surface area contributed by atoms with E-state index in [4.69, 9.17) is 11.6 Å². The Morgan fingerprint density at radius 2 is 1.38 bits per heavy atom. The van der Waals surface area contributed by atoms with Crippen molar-refractivity contribution in [1.82, 2.24) is 5.43 Å². The second kappa shape index (κ2) is 8.12. The number of hydrazone groups is 1. The maximum atomic E-state index is 12.1. The predicted molar refractivity (Wildman–Crippen MR) is 117 cm³/mol. The van der Waals surface area contributed by atoms with Crippen LogP contribution < -0.4 is 10.7 Å². The van der Waals surface area contributed by atoms with Crippen molar-refractivity contribution >= 4 is 56.9 Å². The summed E-state index contributed by atoms with van der Waals surface area (Å²) < 4.78 is 0. The fourth-order valence-electron chi connectivity index (χ4n) is 3.12. The van der Waals surface area contributed by atoms with Crippen molar-refractivity contribution in [3.63, 3.8) is 0 Å². The Kier molecular flexibility index (Phi) is 5.22. The molecule has 4 rings (SSSR count). The maximum Gasteiger partial charge on any atom is 0.329 e. The second-order valence-electron chi connectivity index (χ2n) is 6.39. The van der Waals surface area contributed by atoms with Gasteiger partial charge >= 0.3 is 11.8 Å². The van der Waals surface area contributed by atoms with E-state index < -0.39 is 11.8 Å². The second-order valence-corrected chi connectivity index (χ2v) is 6.83. The van der Waals surface area contributed by atoms with Gasteiger partial charge in [-0.05, 0) is 51.9 Å². The highest BCUT2D eigenvalue weighted by Gasteiger charge is 2.13. The lowest BCUT2D eigenvalue weighted by Crippen LogP contribution is -2.32. The third kappa shape index (κ3) is 4.10. The average Bonchev–Trinajstić information content (AvgIpc) is 2.74. The zero-order valence-corrected chi connectivity index (χ0v) is 16.0. The van der Waals surface area contributed by atoms with E-state index in [9.17, 15) is 9.59 Å². The van der Waals surface area contributed by atoms with Crippen LogP contribution in [0.25, 0.3) is 21.5 Å². The molecular formula is C23H16ClN3O2. The normalized spacial score (nSPS) is 11.1. The van der Waals surface area contributed by atoms with Crippen LogP contribution in [0.1, 0.15) is 5.56 Å². The summed E-state index contributed by atoms with van der Waals surface area (Å²) in [6, 6.07) is 24.5. The predicted octanol–water partition coefficient (Wildman–Crippen LogP) is 4.74. The summed E-state index contributed by atoms with van der Waals surface area (Å²) in [7, 11) is 0. The van der Waals surface area contributed by atoms with Crippen LogP contribution in [0, 0.1) is 0 Å². The van der Waals surface area contributed by atoms with Crippen molar-refractivity contribution in [1.29, 1.82) is 0 Å². The summed E-state index contributed by atoms with van der Waals surface area (Å²) in [5, 5.41) is 11.2. The van der Waals surface area contributed by atoms with Gasteiger partial charge in [-0.25, -0.2) is 5.43 Å². The molecule has 0 heterocycles. The lowest BCUT2D eigenvalue weighted by molar-refractivity contribution is -0.136. The number of nitrogens with zero attached hydrogens (tertiary/aromatic N) is 1. The summed E-state index contributed by atoms with van der Waals surface area (Å²) in [6.07, 6.45) is 1.57. The molecule has 0 spiro atoms. The largest absolute Gasteiger partial charge is 0.329 e. The number of amides is 2. The fraction of sp³-hybridized carbons (Fsp3) is 0. The zero-order chi connectivity index (χ0) is 20.2. The minimum atomic E-state index is -0.860. The fourth-order valence-corrected chi connectivity index (χ4v) is 3.24. The Labute approximate surface area is 172 Å². The Morgan fingerprint density at radius 1 is 0.793 bits per heavy atom. The number of rotatable bonds is 3. The third-order valence-electron chi connectivity index (χ3n) is 4.48. The van der Waals surface area contributed by atoms with Crippen molar-refractivity contribution in [3.8, 4) is 0 Å². The Balaban J connectivity index is 1.55. The highest BCUT2D eigenvalue weighted by atomic mass is 35.5. The number of anilines is 1. The zero-order valence-electron chi connectivity index (χ0n) is 15.2. The molecule has 29 heavy (non-hydrogen) atoms. The molecule has 142 valence electrons. The summed E-state index contributed by atoms with van der Waals surface area (Å²) in [5.74, 6) is -1.67. The van der Waals surface area contributed by atoms with E-state index in [2.05, 4.69) is 21.9 Å². The van der Waals surface area contributed by atoms with Gasteiger partial charge in [0.2, 0.25) is 0 Å². The van der Waals surface area contributed by atoms with Gasteiger partial charge in [-0.15, -0.1) is 0 Å². The summed E-state index contributed by atoms with van der Waals surface area (Å²) >= 11 is 5.81. The van der Waals surface area contributed by atoms with Gasteiger partial charge in [-0.1, -0.05) is 60.1 Å². The number of hydrogen-bond acceptors (Lipinski definition) is 3. The molecule has 4 aromatic carbocycles. The van der Waals surface area contributed by atoms with E-state index in [0.717, 1.165) is 27.1 Å². The van der Waals surface area contributed by atoms with Gasteiger partial charge in [0.05, 0.1) is 6.21 Å². The van der Waals surface area contributed by atoms with Crippen LogP contribution in [0.3, 0.4) is 0 Å². The van der Waals surface area contributed by atoms with Crippen LogP contribution in [0.15, 0.2) is 84.0 Å². The molecule has 6 heteroatoms. The van der Waals surface area contributed by atoms with Gasteiger partial charge in [-0.2, -0.15) is 5.10 Å². The highest BCUT2D eigenvalue weighted by molar-refractivity contribution is 6.39. The van der Waals surface area contributed by atoms with Crippen molar-refractivity contribution in [2.75, 3.05) is 5.32 Å². The first kappa shape index (κ1) is 18.7. The van der Waals surface area contributed by atoms with Crippen LogP contribution in [-0.4, -0.2) is 18.0 Å².